The fourth-order valence-corrected chi connectivity index (χ4v) is 6.26. The van der Waals surface area contributed by atoms with Crippen LogP contribution in [-0.2, 0) is 26.7 Å². The van der Waals surface area contributed by atoms with Gasteiger partial charge >= 0.3 is 10.1 Å². The molecule has 32 heavy (non-hydrogen) atoms. The minimum absolute atomic E-state index is 0.0380. The van der Waals surface area contributed by atoms with E-state index in [9.17, 15) is 16.8 Å². The average molecular weight is 484 g/mol. The van der Waals surface area contributed by atoms with Crippen LogP contribution in [0.15, 0.2) is 35.2 Å². The molecular weight excluding hydrogens is 450 g/mol. The van der Waals surface area contributed by atoms with Crippen LogP contribution in [0.4, 0.5) is 0 Å². The van der Waals surface area contributed by atoms with E-state index in [0.29, 0.717) is 28.0 Å². The predicted molar refractivity (Wildman–Crippen MR) is 126 cm³/mol. The lowest BCUT2D eigenvalue weighted by molar-refractivity contribution is 0.322. The summed E-state index contributed by atoms with van der Waals surface area (Å²) in [4.78, 5) is 0.307. The molecule has 0 heterocycles. The molecule has 2 rings (SSSR count). The molecule has 0 fully saturated rings. The van der Waals surface area contributed by atoms with Gasteiger partial charge in [0.2, 0.25) is 10.0 Å². The van der Waals surface area contributed by atoms with Gasteiger partial charge in [-0.1, -0.05) is 30.7 Å². The van der Waals surface area contributed by atoms with E-state index >= 15 is 0 Å². The molecule has 9 heteroatoms. The second-order valence-electron chi connectivity index (χ2n) is 7.95. The first-order chi connectivity index (χ1) is 14.9. The third kappa shape index (κ3) is 5.82. The number of methoxy groups -OCH3 is 1. The van der Waals surface area contributed by atoms with Gasteiger partial charge in [-0.2, -0.15) is 12.7 Å². The van der Waals surface area contributed by atoms with E-state index in [4.69, 9.17) is 8.92 Å². The molecule has 1 atom stereocenters. The Morgan fingerprint density at radius 2 is 1.53 bits per heavy atom. The van der Waals surface area contributed by atoms with Crippen LogP contribution in [0.5, 0.6) is 11.5 Å². The number of rotatable bonds is 10. The highest BCUT2D eigenvalue weighted by atomic mass is 32.2. The molecule has 2 aromatic carbocycles. The standard InChI is InChI=1S/C23H33NO6S2/c1-8-19(6)24(32(27,28)23-17(4)12-16(3)13-18(23)5)15-20-10-11-21(29-7)22(14-20)30-31(25,26)9-2/h10-14,19H,8-9,15H2,1-7H3. The molecule has 1 unspecified atom stereocenters. The van der Waals surface area contributed by atoms with Crippen LogP contribution in [0.2, 0.25) is 0 Å². The zero-order valence-corrected chi connectivity index (χ0v) is 21.4. The lowest BCUT2D eigenvalue weighted by Gasteiger charge is -2.29. The summed E-state index contributed by atoms with van der Waals surface area (Å²) in [6.07, 6.45) is 0.618. The Labute approximate surface area is 192 Å². The third-order valence-corrected chi connectivity index (χ3v) is 8.80. The highest BCUT2D eigenvalue weighted by Gasteiger charge is 2.31. The van der Waals surface area contributed by atoms with Gasteiger partial charge in [0.15, 0.2) is 11.5 Å². The molecule has 0 bridgehead atoms. The van der Waals surface area contributed by atoms with E-state index in [1.165, 1.54) is 24.4 Å². The first-order valence-electron chi connectivity index (χ1n) is 10.5. The SMILES string of the molecule is CCC(C)N(Cc1ccc(OC)c(OS(=O)(=O)CC)c1)S(=O)(=O)c1c(C)cc(C)cc1C. The van der Waals surface area contributed by atoms with E-state index in [1.54, 1.807) is 26.0 Å². The maximum atomic E-state index is 13.7. The van der Waals surface area contributed by atoms with Gasteiger partial charge in [-0.25, -0.2) is 8.42 Å². The van der Waals surface area contributed by atoms with Gasteiger partial charge in [-0.3, -0.25) is 0 Å². The minimum Gasteiger partial charge on any atom is -0.493 e. The average Bonchev–Trinajstić information content (AvgIpc) is 2.70. The molecule has 0 spiro atoms. The Bertz CT molecular complexity index is 1150. The Balaban J connectivity index is 2.55. The van der Waals surface area contributed by atoms with Gasteiger partial charge in [-0.05, 0) is 69.9 Å². The van der Waals surface area contributed by atoms with Crippen molar-refractivity contribution in [3.8, 4) is 11.5 Å². The molecule has 0 saturated heterocycles. The number of aryl methyl sites for hydroxylation is 3. The van der Waals surface area contributed by atoms with Crippen molar-refractivity contribution in [2.24, 2.45) is 0 Å². The lowest BCUT2D eigenvalue weighted by Crippen LogP contribution is -2.38. The molecule has 7 nitrogen and oxygen atoms in total. The molecule has 0 amide bonds. The van der Waals surface area contributed by atoms with E-state index in [1.807, 2.05) is 32.9 Å². The number of hydrogen-bond acceptors (Lipinski definition) is 6. The summed E-state index contributed by atoms with van der Waals surface area (Å²) < 4.78 is 63.3. The summed E-state index contributed by atoms with van der Waals surface area (Å²) in [6, 6.07) is 8.27. The Morgan fingerprint density at radius 3 is 2.03 bits per heavy atom. The number of sulfonamides is 1. The van der Waals surface area contributed by atoms with Crippen molar-refractivity contribution < 1.29 is 25.8 Å². The van der Waals surface area contributed by atoms with E-state index in [2.05, 4.69) is 0 Å². The smallest absolute Gasteiger partial charge is 0.309 e. The Morgan fingerprint density at radius 1 is 0.938 bits per heavy atom. The van der Waals surface area contributed by atoms with Crippen molar-refractivity contribution in [3.05, 3.63) is 52.6 Å². The number of benzene rings is 2. The van der Waals surface area contributed by atoms with Crippen LogP contribution in [0.3, 0.4) is 0 Å². The van der Waals surface area contributed by atoms with E-state index in [0.717, 1.165) is 5.56 Å². The summed E-state index contributed by atoms with van der Waals surface area (Å²) in [5.41, 5.74) is 2.99. The van der Waals surface area contributed by atoms with Crippen LogP contribution >= 0.6 is 0 Å². The molecule has 0 aliphatic rings. The molecule has 2 aromatic rings. The number of hydrogen-bond donors (Lipinski definition) is 0. The maximum absolute atomic E-state index is 13.7. The second kappa shape index (κ2) is 10.2. The van der Waals surface area contributed by atoms with E-state index < -0.39 is 20.1 Å². The van der Waals surface area contributed by atoms with Gasteiger partial charge in [0.05, 0.1) is 17.8 Å². The van der Waals surface area contributed by atoms with Crippen LogP contribution in [0.25, 0.3) is 0 Å². The molecular formula is C23H33NO6S2. The molecule has 0 aromatic heterocycles. The quantitative estimate of drug-likeness (QED) is 0.467. The largest absolute Gasteiger partial charge is 0.493 e. The van der Waals surface area contributed by atoms with Gasteiger partial charge in [0, 0.05) is 12.6 Å². The molecule has 0 saturated carbocycles. The molecule has 0 radical (unpaired) electrons. The van der Waals surface area contributed by atoms with Gasteiger partial charge in [0.25, 0.3) is 0 Å². The van der Waals surface area contributed by atoms with Gasteiger partial charge in [-0.15, -0.1) is 0 Å². The Kier molecular flexibility index (Phi) is 8.36. The summed E-state index contributed by atoms with van der Waals surface area (Å²) >= 11 is 0. The first kappa shape index (κ1) is 26.2. The third-order valence-electron chi connectivity index (χ3n) is 5.39. The number of nitrogens with zero attached hydrogens (tertiary/aromatic N) is 1. The summed E-state index contributed by atoms with van der Waals surface area (Å²) in [6.45, 7) is 10.9. The summed E-state index contributed by atoms with van der Waals surface area (Å²) in [5.74, 6) is 0.102. The highest BCUT2D eigenvalue weighted by Crippen LogP contribution is 2.32. The molecule has 0 N–H and O–H groups in total. The first-order valence-corrected chi connectivity index (χ1v) is 13.6. The van der Waals surface area contributed by atoms with Gasteiger partial charge < -0.3 is 8.92 Å². The van der Waals surface area contributed by atoms with Crippen molar-refractivity contribution in [3.63, 3.8) is 0 Å². The summed E-state index contributed by atoms with van der Waals surface area (Å²) in [7, 11) is -6.17. The minimum atomic E-state index is -3.81. The second-order valence-corrected chi connectivity index (χ2v) is 11.6. The fourth-order valence-electron chi connectivity index (χ4n) is 3.63. The fraction of sp³-hybridized carbons (Fsp3) is 0.478. The molecule has 0 aliphatic carbocycles. The van der Waals surface area contributed by atoms with Crippen LogP contribution in [-0.4, -0.2) is 40.0 Å². The summed E-state index contributed by atoms with van der Waals surface area (Å²) in [5, 5.41) is 0. The molecule has 0 aliphatic heterocycles. The van der Waals surface area contributed by atoms with Crippen molar-refractivity contribution in [2.45, 2.75) is 65.4 Å². The van der Waals surface area contributed by atoms with Crippen LogP contribution in [0.1, 0.15) is 49.4 Å². The molecule has 178 valence electrons. The van der Waals surface area contributed by atoms with Gasteiger partial charge in [0.1, 0.15) is 0 Å². The lowest BCUT2D eigenvalue weighted by atomic mass is 10.1. The maximum Gasteiger partial charge on any atom is 0.309 e. The topological polar surface area (TPSA) is 90.0 Å². The predicted octanol–water partition coefficient (Wildman–Crippen LogP) is 4.34. The van der Waals surface area contributed by atoms with Crippen LogP contribution in [0, 0.1) is 20.8 Å². The normalized spacial score (nSPS) is 13.2. The van der Waals surface area contributed by atoms with E-state index in [-0.39, 0.29) is 29.8 Å². The Hall–Kier alpha value is -2.10. The van der Waals surface area contributed by atoms with Crippen molar-refractivity contribution in [1.29, 1.82) is 0 Å². The van der Waals surface area contributed by atoms with Crippen LogP contribution < -0.4 is 8.92 Å². The highest BCUT2D eigenvalue weighted by molar-refractivity contribution is 7.89. The van der Waals surface area contributed by atoms with Crippen molar-refractivity contribution in [2.75, 3.05) is 12.9 Å². The monoisotopic (exact) mass is 483 g/mol. The number of ether oxygens (including phenoxy) is 1. The zero-order chi connectivity index (χ0) is 24.3. The van der Waals surface area contributed by atoms with Crippen molar-refractivity contribution >= 4 is 20.1 Å². The van der Waals surface area contributed by atoms with Crippen molar-refractivity contribution in [1.82, 2.24) is 4.31 Å². The zero-order valence-electron chi connectivity index (χ0n) is 19.8.